The monoisotopic (exact) mass is 427 g/mol. The fraction of sp³-hybridized carbons (Fsp3) is 0.348. The van der Waals surface area contributed by atoms with Crippen LogP contribution in [0.1, 0.15) is 25.3 Å². The molecule has 3 aromatic rings. The van der Waals surface area contributed by atoms with Crippen molar-refractivity contribution in [2.24, 2.45) is 5.41 Å². The van der Waals surface area contributed by atoms with Gasteiger partial charge in [-0.05, 0) is 56.0 Å². The van der Waals surface area contributed by atoms with Gasteiger partial charge in [-0.2, -0.15) is 4.31 Å². The molecule has 0 saturated carbocycles. The predicted octanol–water partition coefficient (Wildman–Crippen LogP) is 4.01. The molecule has 2 aromatic carbocycles. The number of hydrogen-bond acceptors (Lipinski definition) is 5. The van der Waals surface area contributed by atoms with Crippen LogP contribution in [0, 0.1) is 5.41 Å². The van der Waals surface area contributed by atoms with Crippen LogP contribution in [-0.4, -0.2) is 38.4 Å². The number of ether oxygens (including phenoxy) is 1. The Labute approximate surface area is 176 Å². The van der Waals surface area contributed by atoms with Crippen LogP contribution < -0.4 is 0 Å². The second-order valence-corrected chi connectivity index (χ2v) is 9.63. The van der Waals surface area contributed by atoms with E-state index in [0.717, 1.165) is 10.9 Å². The van der Waals surface area contributed by atoms with Crippen molar-refractivity contribution in [2.45, 2.75) is 31.1 Å². The van der Waals surface area contributed by atoms with Gasteiger partial charge in [-0.15, -0.1) is 0 Å². The minimum absolute atomic E-state index is 0.239. The highest BCUT2D eigenvalue weighted by Gasteiger charge is 2.45. The Kier molecular flexibility index (Phi) is 5.66. The van der Waals surface area contributed by atoms with E-state index < -0.39 is 15.4 Å². The number of nitrogens with zero attached hydrogens (tertiary/aromatic N) is 1. The molecule has 0 atom stereocenters. The van der Waals surface area contributed by atoms with Crippen molar-refractivity contribution in [3.63, 3.8) is 0 Å². The third kappa shape index (κ3) is 3.87. The van der Waals surface area contributed by atoms with E-state index in [-0.39, 0.29) is 24.0 Å². The second kappa shape index (κ2) is 8.24. The fourth-order valence-corrected chi connectivity index (χ4v) is 5.61. The molecule has 0 N–H and O–H groups in total. The van der Waals surface area contributed by atoms with Gasteiger partial charge < -0.3 is 9.15 Å². The summed E-state index contributed by atoms with van der Waals surface area (Å²) in [5.41, 5.74) is 0.988. The van der Waals surface area contributed by atoms with E-state index in [2.05, 4.69) is 0 Å². The lowest BCUT2D eigenvalue weighted by molar-refractivity contribution is -0.158. The average molecular weight is 428 g/mol. The first-order valence-corrected chi connectivity index (χ1v) is 11.6. The Hall–Kier alpha value is -2.64. The minimum atomic E-state index is -3.65. The number of carbonyl (C=O) groups excluding carboxylic acids is 1. The lowest BCUT2D eigenvalue weighted by atomic mass is 9.74. The standard InChI is InChI=1S/C23H25NO5S/c1-2-28-22(25)23(17-18-6-4-3-5-7-18)11-13-24(14-12-23)30(26,27)20-8-9-21-19(16-20)10-15-29-21/h3-10,15-16H,2,11-14,17H2,1H3. The molecule has 1 fully saturated rings. The number of rotatable bonds is 6. The number of carbonyl (C=O) groups is 1. The molecule has 0 unspecified atom stereocenters. The molecule has 1 aliphatic rings. The van der Waals surface area contributed by atoms with E-state index in [1.54, 1.807) is 37.5 Å². The number of fused-ring (bicyclic) bond motifs is 1. The van der Waals surface area contributed by atoms with Crippen molar-refractivity contribution < 1.29 is 22.4 Å². The minimum Gasteiger partial charge on any atom is -0.466 e. The molecule has 6 nitrogen and oxygen atoms in total. The summed E-state index contributed by atoms with van der Waals surface area (Å²) >= 11 is 0. The summed E-state index contributed by atoms with van der Waals surface area (Å²) in [6.07, 6.45) is 2.93. The van der Waals surface area contributed by atoms with Crippen LogP contribution in [0.3, 0.4) is 0 Å². The third-order valence-electron chi connectivity index (χ3n) is 5.83. The molecular weight excluding hydrogens is 402 g/mol. The van der Waals surface area contributed by atoms with E-state index in [4.69, 9.17) is 9.15 Å². The summed E-state index contributed by atoms with van der Waals surface area (Å²) in [6, 6.07) is 16.4. The molecule has 0 spiro atoms. The van der Waals surface area contributed by atoms with Crippen LogP contribution in [0.4, 0.5) is 0 Å². The topological polar surface area (TPSA) is 76.8 Å². The van der Waals surface area contributed by atoms with Crippen molar-refractivity contribution in [2.75, 3.05) is 19.7 Å². The van der Waals surface area contributed by atoms with Crippen LogP contribution in [0.15, 0.2) is 70.2 Å². The average Bonchev–Trinajstić information content (AvgIpc) is 3.23. The predicted molar refractivity (Wildman–Crippen MR) is 113 cm³/mol. The molecule has 1 saturated heterocycles. The van der Waals surface area contributed by atoms with E-state index in [1.807, 2.05) is 30.3 Å². The Balaban J connectivity index is 1.56. The Morgan fingerprint density at radius 1 is 1.10 bits per heavy atom. The molecule has 158 valence electrons. The van der Waals surface area contributed by atoms with Crippen LogP contribution in [0.25, 0.3) is 11.0 Å². The molecule has 0 amide bonds. The zero-order valence-electron chi connectivity index (χ0n) is 16.9. The summed E-state index contributed by atoms with van der Waals surface area (Å²) in [5.74, 6) is -0.245. The van der Waals surface area contributed by atoms with Crippen molar-refractivity contribution in [1.29, 1.82) is 0 Å². The summed E-state index contributed by atoms with van der Waals surface area (Å²) in [4.78, 5) is 13.1. The highest BCUT2D eigenvalue weighted by Crippen LogP contribution is 2.38. The van der Waals surface area contributed by atoms with Crippen molar-refractivity contribution in [3.05, 3.63) is 66.4 Å². The first-order chi connectivity index (χ1) is 14.4. The number of sulfonamides is 1. The van der Waals surface area contributed by atoms with Gasteiger partial charge in [-0.3, -0.25) is 4.79 Å². The maximum atomic E-state index is 13.2. The zero-order valence-corrected chi connectivity index (χ0v) is 17.7. The van der Waals surface area contributed by atoms with Crippen LogP contribution in [-0.2, 0) is 26.0 Å². The summed E-state index contributed by atoms with van der Waals surface area (Å²) in [6.45, 7) is 2.65. The molecule has 0 radical (unpaired) electrons. The van der Waals surface area contributed by atoms with Gasteiger partial charge in [0.2, 0.25) is 10.0 Å². The molecule has 2 heterocycles. The molecule has 0 aliphatic carbocycles. The quantitative estimate of drug-likeness (QED) is 0.556. The number of benzene rings is 2. The third-order valence-corrected chi connectivity index (χ3v) is 7.73. The van der Waals surface area contributed by atoms with Crippen LogP contribution >= 0.6 is 0 Å². The molecule has 1 aromatic heterocycles. The van der Waals surface area contributed by atoms with Gasteiger partial charge in [0.1, 0.15) is 5.58 Å². The van der Waals surface area contributed by atoms with Gasteiger partial charge in [-0.25, -0.2) is 8.42 Å². The highest BCUT2D eigenvalue weighted by molar-refractivity contribution is 7.89. The SMILES string of the molecule is CCOC(=O)C1(Cc2ccccc2)CCN(S(=O)(=O)c2ccc3occc3c2)CC1. The van der Waals surface area contributed by atoms with E-state index in [0.29, 0.717) is 31.5 Å². The maximum absolute atomic E-state index is 13.2. The van der Waals surface area contributed by atoms with Crippen molar-refractivity contribution >= 4 is 27.0 Å². The van der Waals surface area contributed by atoms with Gasteiger partial charge in [0, 0.05) is 18.5 Å². The van der Waals surface area contributed by atoms with Gasteiger partial charge in [0.15, 0.2) is 0 Å². The lowest BCUT2D eigenvalue weighted by Gasteiger charge is -2.39. The number of furan rings is 1. The molecule has 4 rings (SSSR count). The zero-order chi connectivity index (χ0) is 21.2. The normalized spacial score (nSPS) is 17.1. The molecule has 0 bridgehead atoms. The van der Waals surface area contributed by atoms with Crippen LogP contribution in [0.2, 0.25) is 0 Å². The lowest BCUT2D eigenvalue weighted by Crippen LogP contribution is -2.48. The van der Waals surface area contributed by atoms with Gasteiger partial charge >= 0.3 is 5.97 Å². The molecular formula is C23H25NO5S. The highest BCUT2D eigenvalue weighted by atomic mass is 32.2. The van der Waals surface area contributed by atoms with E-state index in [9.17, 15) is 13.2 Å². The smallest absolute Gasteiger partial charge is 0.312 e. The first kappa shape index (κ1) is 20.6. The largest absolute Gasteiger partial charge is 0.466 e. The first-order valence-electron chi connectivity index (χ1n) is 10.1. The summed E-state index contributed by atoms with van der Waals surface area (Å²) in [5, 5.41) is 0.748. The molecule has 1 aliphatic heterocycles. The summed E-state index contributed by atoms with van der Waals surface area (Å²) < 4.78 is 38.6. The summed E-state index contributed by atoms with van der Waals surface area (Å²) in [7, 11) is -3.65. The maximum Gasteiger partial charge on any atom is 0.312 e. The van der Waals surface area contributed by atoms with Crippen molar-refractivity contribution in [1.82, 2.24) is 4.31 Å². The van der Waals surface area contributed by atoms with Crippen molar-refractivity contribution in [3.8, 4) is 0 Å². The van der Waals surface area contributed by atoms with Gasteiger partial charge in [0.05, 0.1) is 23.2 Å². The molecule has 7 heteroatoms. The number of esters is 1. The van der Waals surface area contributed by atoms with E-state index in [1.165, 1.54) is 4.31 Å². The van der Waals surface area contributed by atoms with Crippen LogP contribution in [0.5, 0.6) is 0 Å². The number of hydrogen-bond donors (Lipinski definition) is 0. The Morgan fingerprint density at radius 2 is 1.83 bits per heavy atom. The van der Waals surface area contributed by atoms with Gasteiger partial charge in [0.25, 0.3) is 0 Å². The second-order valence-electron chi connectivity index (χ2n) is 7.69. The Bertz CT molecular complexity index is 1130. The van der Waals surface area contributed by atoms with Gasteiger partial charge in [-0.1, -0.05) is 30.3 Å². The Morgan fingerprint density at radius 3 is 2.53 bits per heavy atom. The van der Waals surface area contributed by atoms with E-state index >= 15 is 0 Å². The molecule has 30 heavy (non-hydrogen) atoms. The fourth-order valence-electron chi connectivity index (χ4n) is 4.13. The number of piperidine rings is 1.